The number of benzene rings is 4. The average Bonchev–Trinajstić information content (AvgIpc) is 2.67. The van der Waals surface area contributed by atoms with Gasteiger partial charge in [-0.2, -0.15) is 0 Å². The Labute approximate surface area is 156 Å². The molecule has 0 aromatic heterocycles. The Balaban J connectivity index is 1.93. The van der Waals surface area contributed by atoms with Crippen molar-refractivity contribution in [1.29, 1.82) is 0 Å². The molecule has 0 aliphatic carbocycles. The monoisotopic (exact) mass is 354 g/mol. The Hall–Kier alpha value is -3.66. The van der Waals surface area contributed by atoms with E-state index in [1.165, 1.54) is 0 Å². The minimum atomic E-state index is -0.483. The van der Waals surface area contributed by atoms with E-state index >= 15 is 0 Å². The van der Waals surface area contributed by atoms with Crippen LogP contribution in [0.2, 0.25) is 0 Å². The van der Waals surface area contributed by atoms with E-state index in [0.29, 0.717) is 17.5 Å². The number of rotatable bonds is 4. The highest BCUT2D eigenvalue weighted by molar-refractivity contribution is 6.09. The fraction of sp³-hybridized carbons (Fsp3) is 0.0435. The molecule has 0 unspecified atom stereocenters. The standard InChI is InChI=1S/C23H18N2O2/c24-22(26)20-16(11-9-14-5-1-3-7-18(14)20)13-17-12-10-15-6-2-4-8-19(15)21(17)23(25)27/h1-12H,13H2,(H2,24,26)(H2,25,27). The fourth-order valence-electron chi connectivity index (χ4n) is 3.72. The van der Waals surface area contributed by atoms with Crippen LogP contribution in [0.25, 0.3) is 21.5 Å². The number of carbonyl (C=O) groups is 2. The topological polar surface area (TPSA) is 86.2 Å². The highest BCUT2D eigenvalue weighted by Crippen LogP contribution is 2.28. The van der Waals surface area contributed by atoms with Crippen LogP contribution in [0.3, 0.4) is 0 Å². The van der Waals surface area contributed by atoms with Crippen LogP contribution in [0.15, 0.2) is 72.8 Å². The molecule has 0 atom stereocenters. The van der Waals surface area contributed by atoms with Crippen molar-refractivity contribution < 1.29 is 9.59 Å². The van der Waals surface area contributed by atoms with Gasteiger partial charge in [0.1, 0.15) is 0 Å². The molecule has 0 saturated carbocycles. The summed E-state index contributed by atoms with van der Waals surface area (Å²) in [5, 5.41) is 3.51. The molecule has 2 amide bonds. The molecule has 27 heavy (non-hydrogen) atoms. The van der Waals surface area contributed by atoms with Gasteiger partial charge in [-0.3, -0.25) is 9.59 Å². The largest absolute Gasteiger partial charge is 0.366 e. The number of carbonyl (C=O) groups excluding carboxylic acids is 2. The SMILES string of the molecule is NC(=O)c1c(Cc2ccc3ccccc3c2C(N)=O)ccc2ccccc12. The van der Waals surface area contributed by atoms with Crippen molar-refractivity contribution in [2.24, 2.45) is 11.5 Å². The Kier molecular flexibility index (Phi) is 4.09. The summed E-state index contributed by atoms with van der Waals surface area (Å²) in [5.74, 6) is -0.966. The third-order valence-electron chi connectivity index (χ3n) is 4.90. The summed E-state index contributed by atoms with van der Waals surface area (Å²) >= 11 is 0. The van der Waals surface area contributed by atoms with E-state index in [-0.39, 0.29) is 0 Å². The van der Waals surface area contributed by atoms with Crippen LogP contribution < -0.4 is 11.5 Å². The van der Waals surface area contributed by atoms with Crippen molar-refractivity contribution in [2.75, 3.05) is 0 Å². The van der Waals surface area contributed by atoms with Gasteiger partial charge < -0.3 is 11.5 Å². The van der Waals surface area contributed by atoms with Crippen LogP contribution >= 0.6 is 0 Å². The zero-order valence-corrected chi connectivity index (χ0v) is 14.6. The van der Waals surface area contributed by atoms with Crippen LogP contribution in [0, 0.1) is 0 Å². The maximum Gasteiger partial charge on any atom is 0.249 e. The number of fused-ring (bicyclic) bond motifs is 2. The molecule has 0 aliphatic rings. The molecular weight excluding hydrogens is 336 g/mol. The van der Waals surface area contributed by atoms with Gasteiger partial charge in [-0.05, 0) is 39.1 Å². The van der Waals surface area contributed by atoms with Gasteiger partial charge in [0.25, 0.3) is 0 Å². The lowest BCUT2D eigenvalue weighted by Gasteiger charge is -2.14. The molecule has 0 bridgehead atoms. The van der Waals surface area contributed by atoms with Gasteiger partial charge in [-0.25, -0.2) is 0 Å². The molecule has 4 heteroatoms. The molecule has 0 heterocycles. The highest BCUT2D eigenvalue weighted by Gasteiger charge is 2.17. The first-order valence-corrected chi connectivity index (χ1v) is 8.67. The quantitative estimate of drug-likeness (QED) is 0.584. The minimum Gasteiger partial charge on any atom is -0.366 e. The van der Waals surface area contributed by atoms with Crippen molar-refractivity contribution in [3.63, 3.8) is 0 Å². The summed E-state index contributed by atoms with van der Waals surface area (Å²) in [4.78, 5) is 24.4. The van der Waals surface area contributed by atoms with E-state index in [9.17, 15) is 9.59 Å². The van der Waals surface area contributed by atoms with Gasteiger partial charge in [-0.15, -0.1) is 0 Å². The van der Waals surface area contributed by atoms with Crippen LogP contribution in [0.1, 0.15) is 31.8 Å². The summed E-state index contributed by atoms with van der Waals surface area (Å²) in [6.45, 7) is 0. The van der Waals surface area contributed by atoms with Gasteiger partial charge in [-0.1, -0.05) is 72.8 Å². The second-order valence-corrected chi connectivity index (χ2v) is 6.55. The van der Waals surface area contributed by atoms with E-state index in [4.69, 9.17) is 11.5 Å². The molecule has 0 spiro atoms. The number of amides is 2. The van der Waals surface area contributed by atoms with Crippen molar-refractivity contribution in [3.05, 3.63) is 95.1 Å². The number of hydrogen-bond acceptors (Lipinski definition) is 2. The van der Waals surface area contributed by atoms with Crippen molar-refractivity contribution >= 4 is 33.4 Å². The molecule has 4 N–H and O–H groups in total. The summed E-state index contributed by atoms with van der Waals surface area (Å²) in [5.41, 5.74) is 13.9. The van der Waals surface area contributed by atoms with Crippen molar-refractivity contribution in [2.45, 2.75) is 6.42 Å². The Bertz CT molecular complexity index is 1120. The van der Waals surface area contributed by atoms with E-state index in [1.54, 1.807) is 0 Å². The summed E-state index contributed by atoms with van der Waals surface area (Å²) < 4.78 is 0. The van der Waals surface area contributed by atoms with E-state index < -0.39 is 11.8 Å². The van der Waals surface area contributed by atoms with Gasteiger partial charge in [0.05, 0.1) is 11.1 Å². The average molecular weight is 354 g/mol. The Morgan fingerprint density at radius 2 is 1.00 bits per heavy atom. The second-order valence-electron chi connectivity index (χ2n) is 6.55. The molecule has 132 valence electrons. The predicted octanol–water partition coefficient (Wildman–Crippen LogP) is 3.78. The lowest BCUT2D eigenvalue weighted by Crippen LogP contribution is -2.17. The molecule has 0 radical (unpaired) electrons. The third kappa shape index (κ3) is 2.91. The summed E-state index contributed by atoms with van der Waals surface area (Å²) in [7, 11) is 0. The van der Waals surface area contributed by atoms with E-state index in [2.05, 4.69) is 0 Å². The zero-order valence-electron chi connectivity index (χ0n) is 14.6. The molecule has 0 saturated heterocycles. The predicted molar refractivity (Wildman–Crippen MR) is 108 cm³/mol. The third-order valence-corrected chi connectivity index (χ3v) is 4.90. The molecule has 4 nitrogen and oxygen atoms in total. The fourth-order valence-corrected chi connectivity index (χ4v) is 3.72. The maximum absolute atomic E-state index is 12.2. The first-order chi connectivity index (χ1) is 13.1. The normalized spacial score (nSPS) is 11.0. The first-order valence-electron chi connectivity index (χ1n) is 8.67. The van der Waals surface area contributed by atoms with Crippen LogP contribution in [0.5, 0.6) is 0 Å². The Morgan fingerprint density at radius 1 is 0.593 bits per heavy atom. The molecule has 4 aromatic carbocycles. The molecular formula is C23H18N2O2. The summed E-state index contributed by atoms with van der Waals surface area (Å²) in [6, 6.07) is 22.9. The van der Waals surface area contributed by atoms with Crippen molar-refractivity contribution in [3.8, 4) is 0 Å². The summed E-state index contributed by atoms with van der Waals surface area (Å²) in [6.07, 6.45) is 0.395. The maximum atomic E-state index is 12.2. The van der Waals surface area contributed by atoms with Crippen LogP contribution in [-0.4, -0.2) is 11.8 Å². The van der Waals surface area contributed by atoms with Gasteiger partial charge in [0, 0.05) is 0 Å². The number of primary amides is 2. The van der Waals surface area contributed by atoms with Gasteiger partial charge >= 0.3 is 0 Å². The van der Waals surface area contributed by atoms with E-state index in [1.807, 2.05) is 72.8 Å². The highest BCUT2D eigenvalue weighted by atomic mass is 16.1. The number of nitrogens with two attached hydrogens (primary N) is 2. The molecule has 0 aliphatic heterocycles. The van der Waals surface area contributed by atoms with Gasteiger partial charge in [0.2, 0.25) is 11.8 Å². The number of hydrogen-bond donors (Lipinski definition) is 2. The Morgan fingerprint density at radius 3 is 1.41 bits per heavy atom. The van der Waals surface area contributed by atoms with Crippen LogP contribution in [0.4, 0.5) is 0 Å². The lowest BCUT2D eigenvalue weighted by atomic mass is 9.90. The zero-order chi connectivity index (χ0) is 19.0. The first kappa shape index (κ1) is 16.8. The molecule has 4 rings (SSSR count). The minimum absolute atomic E-state index is 0.395. The van der Waals surface area contributed by atoms with Crippen molar-refractivity contribution in [1.82, 2.24) is 0 Å². The molecule has 0 fully saturated rings. The van der Waals surface area contributed by atoms with Crippen LogP contribution in [-0.2, 0) is 6.42 Å². The second kappa shape index (κ2) is 6.57. The molecule has 4 aromatic rings. The smallest absolute Gasteiger partial charge is 0.249 e. The van der Waals surface area contributed by atoms with E-state index in [0.717, 1.165) is 32.7 Å². The van der Waals surface area contributed by atoms with Gasteiger partial charge in [0.15, 0.2) is 0 Å². The lowest BCUT2D eigenvalue weighted by molar-refractivity contribution is 0.0993.